The zero-order valence-corrected chi connectivity index (χ0v) is 21.6. The lowest BCUT2D eigenvalue weighted by Crippen LogP contribution is -2.50. The van der Waals surface area contributed by atoms with Crippen LogP contribution in [0.5, 0.6) is 0 Å². The Kier molecular flexibility index (Phi) is 10.6. The fourth-order valence-corrected chi connectivity index (χ4v) is 4.40. The van der Waals surface area contributed by atoms with Gasteiger partial charge < -0.3 is 10.2 Å². The lowest BCUT2D eigenvalue weighted by Gasteiger charge is -2.32. The molecule has 184 valence electrons. The molecule has 0 aliphatic rings. The van der Waals surface area contributed by atoms with Gasteiger partial charge in [-0.2, -0.15) is 0 Å². The summed E-state index contributed by atoms with van der Waals surface area (Å²) in [6, 6.07) is 24.3. The molecular formula is C29H32Cl2N2O2. The quantitative estimate of drug-likeness (QED) is 0.283. The van der Waals surface area contributed by atoms with E-state index in [1.165, 1.54) is 0 Å². The molecule has 0 heterocycles. The van der Waals surface area contributed by atoms with Crippen molar-refractivity contribution in [3.63, 3.8) is 0 Å². The SMILES string of the molecule is CCCCNC(=O)C(Cc1ccccc1)N(Cc1ccc(Cl)cc1Cl)C(=O)CCc1ccccc1. The summed E-state index contributed by atoms with van der Waals surface area (Å²) >= 11 is 12.6. The van der Waals surface area contributed by atoms with E-state index in [1.807, 2.05) is 66.7 Å². The number of rotatable bonds is 12. The van der Waals surface area contributed by atoms with E-state index in [2.05, 4.69) is 12.2 Å². The smallest absolute Gasteiger partial charge is 0.243 e. The number of hydrogen-bond donors (Lipinski definition) is 1. The standard InChI is InChI=1S/C29H32Cl2N2O2/c1-2-3-18-32-29(35)27(19-23-12-8-5-9-13-23)33(21-24-15-16-25(30)20-26(24)31)28(34)17-14-22-10-6-4-7-11-22/h4-13,15-16,20,27H,2-3,14,17-19,21H2,1H3,(H,32,35). The van der Waals surface area contributed by atoms with Crippen LogP contribution in [-0.2, 0) is 29.0 Å². The molecule has 1 unspecified atom stereocenters. The zero-order valence-electron chi connectivity index (χ0n) is 20.1. The molecule has 0 saturated carbocycles. The second kappa shape index (κ2) is 13.9. The molecule has 0 bridgehead atoms. The van der Waals surface area contributed by atoms with Gasteiger partial charge in [0.15, 0.2) is 0 Å². The van der Waals surface area contributed by atoms with Gasteiger partial charge in [0.1, 0.15) is 6.04 Å². The number of carbonyl (C=O) groups is 2. The van der Waals surface area contributed by atoms with Crippen molar-refractivity contribution < 1.29 is 9.59 Å². The topological polar surface area (TPSA) is 49.4 Å². The second-order valence-corrected chi connectivity index (χ2v) is 9.44. The normalized spacial score (nSPS) is 11.6. The van der Waals surface area contributed by atoms with Crippen molar-refractivity contribution >= 4 is 35.0 Å². The van der Waals surface area contributed by atoms with Gasteiger partial charge in [0, 0.05) is 36.0 Å². The van der Waals surface area contributed by atoms with Crippen molar-refractivity contribution in [1.82, 2.24) is 10.2 Å². The minimum Gasteiger partial charge on any atom is -0.354 e. The predicted octanol–water partition coefficient (Wildman–Crippen LogP) is 6.48. The molecule has 3 aromatic carbocycles. The minimum absolute atomic E-state index is 0.0913. The van der Waals surface area contributed by atoms with Crippen molar-refractivity contribution in [1.29, 1.82) is 0 Å². The van der Waals surface area contributed by atoms with Crippen LogP contribution in [0.25, 0.3) is 0 Å². The highest BCUT2D eigenvalue weighted by Gasteiger charge is 2.30. The van der Waals surface area contributed by atoms with Crippen LogP contribution in [0, 0.1) is 0 Å². The molecule has 1 atom stereocenters. The van der Waals surface area contributed by atoms with Gasteiger partial charge in [-0.05, 0) is 41.7 Å². The minimum atomic E-state index is -0.663. The molecule has 6 heteroatoms. The first-order valence-corrected chi connectivity index (χ1v) is 12.8. The maximum atomic E-state index is 13.6. The fourth-order valence-electron chi connectivity index (χ4n) is 3.93. The number of hydrogen-bond acceptors (Lipinski definition) is 2. The number of unbranched alkanes of at least 4 members (excludes halogenated alkanes) is 1. The molecule has 1 N–H and O–H groups in total. The molecule has 0 fully saturated rings. The molecule has 0 saturated heterocycles. The molecule has 2 amide bonds. The average molecular weight is 511 g/mol. The lowest BCUT2D eigenvalue weighted by atomic mass is 10.0. The lowest BCUT2D eigenvalue weighted by molar-refractivity contribution is -0.141. The van der Waals surface area contributed by atoms with Gasteiger partial charge in [-0.25, -0.2) is 0 Å². The van der Waals surface area contributed by atoms with Gasteiger partial charge in [0.25, 0.3) is 0 Å². The van der Waals surface area contributed by atoms with E-state index in [9.17, 15) is 9.59 Å². The number of benzene rings is 3. The first-order valence-electron chi connectivity index (χ1n) is 12.1. The van der Waals surface area contributed by atoms with Crippen molar-refractivity contribution in [2.24, 2.45) is 0 Å². The Morgan fingerprint density at radius 3 is 2.20 bits per heavy atom. The monoisotopic (exact) mass is 510 g/mol. The number of nitrogens with one attached hydrogen (secondary N) is 1. The third-order valence-electron chi connectivity index (χ3n) is 5.93. The maximum Gasteiger partial charge on any atom is 0.243 e. The highest BCUT2D eigenvalue weighted by molar-refractivity contribution is 6.35. The summed E-state index contributed by atoms with van der Waals surface area (Å²) in [5.74, 6) is -0.244. The molecule has 35 heavy (non-hydrogen) atoms. The molecule has 0 aliphatic carbocycles. The number of carbonyl (C=O) groups excluding carboxylic acids is 2. The van der Waals surface area contributed by atoms with Crippen LogP contribution >= 0.6 is 23.2 Å². The van der Waals surface area contributed by atoms with Crippen LogP contribution in [0.1, 0.15) is 42.9 Å². The predicted molar refractivity (Wildman–Crippen MR) is 144 cm³/mol. The summed E-state index contributed by atoms with van der Waals surface area (Å²) in [6.45, 7) is 2.88. The van der Waals surface area contributed by atoms with Crippen molar-refractivity contribution in [2.75, 3.05) is 6.54 Å². The Hall–Kier alpha value is -2.82. The van der Waals surface area contributed by atoms with Crippen molar-refractivity contribution in [3.05, 3.63) is 106 Å². The van der Waals surface area contributed by atoms with Crippen LogP contribution in [0.15, 0.2) is 78.9 Å². The second-order valence-electron chi connectivity index (χ2n) is 8.59. The Morgan fingerprint density at radius 1 is 0.914 bits per heavy atom. The van der Waals surface area contributed by atoms with Gasteiger partial charge >= 0.3 is 0 Å². The summed E-state index contributed by atoms with van der Waals surface area (Å²) in [6.07, 6.45) is 3.17. The summed E-state index contributed by atoms with van der Waals surface area (Å²) < 4.78 is 0. The van der Waals surface area contributed by atoms with E-state index < -0.39 is 6.04 Å². The van der Waals surface area contributed by atoms with Gasteiger partial charge in [0.2, 0.25) is 11.8 Å². The average Bonchev–Trinajstić information content (AvgIpc) is 2.87. The zero-order chi connectivity index (χ0) is 25.0. The first-order chi connectivity index (χ1) is 17.0. The summed E-state index contributed by atoms with van der Waals surface area (Å²) in [4.78, 5) is 28.7. The van der Waals surface area contributed by atoms with Crippen molar-refractivity contribution in [2.45, 2.75) is 51.6 Å². The summed E-state index contributed by atoms with van der Waals surface area (Å²) in [7, 11) is 0. The van der Waals surface area contributed by atoms with Crippen LogP contribution in [0.3, 0.4) is 0 Å². The highest BCUT2D eigenvalue weighted by Crippen LogP contribution is 2.24. The molecular weight excluding hydrogens is 479 g/mol. The number of nitrogens with zero attached hydrogens (tertiary/aromatic N) is 1. The largest absolute Gasteiger partial charge is 0.354 e. The summed E-state index contributed by atoms with van der Waals surface area (Å²) in [5, 5.41) is 4.04. The van der Waals surface area contributed by atoms with E-state index >= 15 is 0 Å². The van der Waals surface area contributed by atoms with Gasteiger partial charge in [0.05, 0.1) is 0 Å². The van der Waals surface area contributed by atoms with Gasteiger partial charge in [-0.15, -0.1) is 0 Å². The maximum absolute atomic E-state index is 13.6. The van der Waals surface area contributed by atoms with Crippen LogP contribution in [-0.4, -0.2) is 29.3 Å². The van der Waals surface area contributed by atoms with Crippen LogP contribution in [0.2, 0.25) is 10.0 Å². The van der Waals surface area contributed by atoms with E-state index in [0.29, 0.717) is 35.9 Å². The Bertz CT molecular complexity index is 1090. The fraction of sp³-hybridized carbons (Fsp3) is 0.310. The van der Waals surface area contributed by atoms with Crippen molar-refractivity contribution in [3.8, 4) is 0 Å². The first kappa shape index (κ1) is 26.8. The van der Waals surface area contributed by atoms with E-state index in [4.69, 9.17) is 23.2 Å². The van der Waals surface area contributed by atoms with E-state index in [-0.39, 0.29) is 18.4 Å². The third-order valence-corrected chi connectivity index (χ3v) is 6.51. The Balaban J connectivity index is 1.91. The number of aryl methyl sites for hydroxylation is 1. The molecule has 0 radical (unpaired) electrons. The van der Waals surface area contributed by atoms with E-state index in [0.717, 1.165) is 29.5 Å². The number of amides is 2. The molecule has 4 nitrogen and oxygen atoms in total. The van der Waals surface area contributed by atoms with Gasteiger partial charge in [-0.3, -0.25) is 9.59 Å². The molecule has 3 rings (SSSR count). The number of halogens is 2. The molecule has 0 aromatic heterocycles. The molecule has 0 spiro atoms. The molecule has 0 aliphatic heterocycles. The van der Waals surface area contributed by atoms with Gasteiger partial charge in [-0.1, -0.05) is 103 Å². The summed E-state index contributed by atoms with van der Waals surface area (Å²) in [5.41, 5.74) is 2.83. The van der Waals surface area contributed by atoms with E-state index in [1.54, 1.807) is 17.0 Å². The molecule has 3 aromatic rings. The highest BCUT2D eigenvalue weighted by atomic mass is 35.5. The Labute approximate surface area is 218 Å². The van der Waals surface area contributed by atoms with Crippen LogP contribution in [0.4, 0.5) is 0 Å². The Morgan fingerprint density at radius 2 is 1.57 bits per heavy atom. The third kappa shape index (κ3) is 8.41. The van der Waals surface area contributed by atoms with Crippen LogP contribution < -0.4 is 5.32 Å².